The molecular weight excluding hydrogens is 260 g/mol. The van der Waals surface area contributed by atoms with Crippen LogP contribution in [0.25, 0.3) is 0 Å². The van der Waals surface area contributed by atoms with Gasteiger partial charge in [0.15, 0.2) is 0 Å². The van der Waals surface area contributed by atoms with Crippen LogP contribution < -0.4 is 0 Å². The van der Waals surface area contributed by atoms with Crippen molar-refractivity contribution < 1.29 is 18.3 Å². The van der Waals surface area contributed by atoms with Gasteiger partial charge in [-0.3, -0.25) is 0 Å². The monoisotopic (exact) mass is 274 g/mol. The highest BCUT2D eigenvalue weighted by atomic mass is 32.2. The normalized spacial score (nSPS) is 11.4. The van der Waals surface area contributed by atoms with Gasteiger partial charge in [-0.2, -0.15) is 11.8 Å². The smallest absolute Gasteiger partial charge is 0.335 e. The first kappa shape index (κ1) is 14.1. The molecule has 0 unspecified atom stereocenters. The van der Waals surface area contributed by atoms with Gasteiger partial charge in [-0.1, -0.05) is 18.2 Å². The van der Waals surface area contributed by atoms with E-state index in [0.717, 1.165) is 5.56 Å². The zero-order valence-corrected chi connectivity index (χ0v) is 11.1. The van der Waals surface area contributed by atoms with Crippen LogP contribution in [0.3, 0.4) is 0 Å². The number of benzene rings is 1. The summed E-state index contributed by atoms with van der Waals surface area (Å²) in [6.07, 6.45) is 1.19. The Morgan fingerprint density at radius 1 is 1.35 bits per heavy atom. The molecule has 0 amide bonds. The lowest BCUT2D eigenvalue weighted by molar-refractivity contribution is 0.0696. The minimum absolute atomic E-state index is 0.118. The van der Waals surface area contributed by atoms with Gasteiger partial charge in [0.1, 0.15) is 9.84 Å². The molecule has 0 atom stereocenters. The van der Waals surface area contributed by atoms with Crippen LogP contribution in [0.4, 0.5) is 0 Å². The van der Waals surface area contributed by atoms with Gasteiger partial charge in [0.25, 0.3) is 0 Å². The minimum atomic E-state index is -2.94. The first-order valence-corrected chi connectivity index (χ1v) is 8.18. The lowest BCUT2D eigenvalue weighted by Gasteiger charge is -2.05. The summed E-state index contributed by atoms with van der Waals surface area (Å²) >= 11 is 1.42. The van der Waals surface area contributed by atoms with Gasteiger partial charge < -0.3 is 5.11 Å². The Kier molecular flexibility index (Phi) is 5.02. The van der Waals surface area contributed by atoms with E-state index < -0.39 is 15.8 Å². The maximum absolute atomic E-state index is 10.9. The zero-order chi connectivity index (χ0) is 12.9. The topological polar surface area (TPSA) is 71.4 Å². The highest BCUT2D eigenvalue weighted by molar-refractivity contribution is 7.99. The van der Waals surface area contributed by atoms with Gasteiger partial charge in [-0.15, -0.1) is 0 Å². The molecule has 0 radical (unpaired) electrons. The molecule has 0 spiro atoms. The molecule has 0 aliphatic rings. The predicted octanol–water partition coefficient (Wildman–Crippen LogP) is 1.66. The van der Waals surface area contributed by atoms with Crippen molar-refractivity contribution in [1.82, 2.24) is 0 Å². The van der Waals surface area contributed by atoms with E-state index in [0.29, 0.717) is 11.5 Å². The quantitative estimate of drug-likeness (QED) is 0.799. The zero-order valence-electron chi connectivity index (χ0n) is 9.42. The van der Waals surface area contributed by atoms with Crippen LogP contribution in [-0.2, 0) is 15.6 Å². The summed E-state index contributed by atoms with van der Waals surface area (Å²) in [6, 6.07) is 6.75. The average molecular weight is 274 g/mol. The number of thioether (sulfide) groups is 1. The average Bonchev–Trinajstić information content (AvgIpc) is 2.23. The Hall–Kier alpha value is -1.01. The lowest BCUT2D eigenvalue weighted by atomic mass is 10.1. The number of carbonyl (C=O) groups is 1. The predicted molar refractivity (Wildman–Crippen MR) is 69.3 cm³/mol. The standard InChI is InChI=1S/C11H14O4S2/c1-17(14,15)7-6-16-8-9-4-2-3-5-10(9)11(12)13/h2-5H,6-8H2,1H3,(H,12,13). The second kappa shape index (κ2) is 6.07. The van der Waals surface area contributed by atoms with E-state index in [1.165, 1.54) is 18.0 Å². The van der Waals surface area contributed by atoms with Crippen molar-refractivity contribution >= 4 is 27.6 Å². The number of aromatic carboxylic acids is 1. The number of rotatable bonds is 6. The molecule has 0 saturated carbocycles. The van der Waals surface area contributed by atoms with E-state index >= 15 is 0 Å². The molecule has 6 heteroatoms. The molecule has 1 rings (SSSR count). The molecule has 0 saturated heterocycles. The summed E-state index contributed by atoms with van der Waals surface area (Å²) in [7, 11) is -2.94. The van der Waals surface area contributed by atoms with Crippen molar-refractivity contribution in [3.05, 3.63) is 35.4 Å². The fourth-order valence-corrected chi connectivity index (χ4v) is 3.55. The van der Waals surface area contributed by atoms with Crippen molar-refractivity contribution in [3.63, 3.8) is 0 Å². The number of hydrogen-bond acceptors (Lipinski definition) is 4. The van der Waals surface area contributed by atoms with Crippen molar-refractivity contribution in [1.29, 1.82) is 0 Å². The molecular formula is C11H14O4S2. The van der Waals surface area contributed by atoms with Gasteiger partial charge >= 0.3 is 5.97 Å². The van der Waals surface area contributed by atoms with Gasteiger partial charge in [0, 0.05) is 17.8 Å². The largest absolute Gasteiger partial charge is 0.478 e. The van der Waals surface area contributed by atoms with E-state index in [1.54, 1.807) is 24.3 Å². The minimum Gasteiger partial charge on any atom is -0.478 e. The number of carboxylic acids is 1. The maximum atomic E-state index is 10.9. The number of carboxylic acid groups (broad SMARTS) is 1. The molecule has 0 heterocycles. The van der Waals surface area contributed by atoms with Crippen LogP contribution in [0.2, 0.25) is 0 Å². The fourth-order valence-electron chi connectivity index (χ4n) is 1.25. The molecule has 0 aliphatic carbocycles. The van der Waals surface area contributed by atoms with Crippen LogP contribution in [-0.4, -0.2) is 37.3 Å². The van der Waals surface area contributed by atoms with Gasteiger partial charge in [-0.05, 0) is 11.6 Å². The van der Waals surface area contributed by atoms with Crippen LogP contribution in [0, 0.1) is 0 Å². The second-order valence-electron chi connectivity index (χ2n) is 3.64. The highest BCUT2D eigenvalue weighted by Crippen LogP contribution is 2.16. The van der Waals surface area contributed by atoms with Crippen LogP contribution in [0.15, 0.2) is 24.3 Å². The Labute approximate surface area is 105 Å². The fraction of sp³-hybridized carbons (Fsp3) is 0.364. The third kappa shape index (κ3) is 5.23. The van der Waals surface area contributed by atoms with Gasteiger partial charge in [0.05, 0.1) is 11.3 Å². The number of hydrogen-bond donors (Lipinski definition) is 1. The van der Waals surface area contributed by atoms with E-state index in [4.69, 9.17) is 5.11 Å². The third-order valence-electron chi connectivity index (χ3n) is 2.10. The summed E-state index contributed by atoms with van der Waals surface area (Å²) in [5, 5.41) is 8.95. The molecule has 4 nitrogen and oxygen atoms in total. The molecule has 0 aromatic heterocycles. The first-order valence-electron chi connectivity index (χ1n) is 4.97. The van der Waals surface area contributed by atoms with Crippen molar-refractivity contribution in [2.24, 2.45) is 0 Å². The molecule has 1 aromatic rings. The molecule has 1 aromatic carbocycles. The summed E-state index contributed by atoms with van der Waals surface area (Å²) in [5.41, 5.74) is 0.998. The van der Waals surface area contributed by atoms with Crippen LogP contribution >= 0.6 is 11.8 Å². The summed E-state index contributed by atoms with van der Waals surface area (Å²) in [5.74, 6) is 0.154. The van der Waals surface area contributed by atoms with Gasteiger partial charge in [0.2, 0.25) is 0 Å². The Morgan fingerprint density at radius 3 is 2.59 bits per heavy atom. The van der Waals surface area contributed by atoms with Gasteiger partial charge in [-0.25, -0.2) is 13.2 Å². The van der Waals surface area contributed by atoms with E-state index in [1.807, 2.05) is 0 Å². The Bertz CT molecular complexity index is 494. The SMILES string of the molecule is CS(=O)(=O)CCSCc1ccccc1C(=O)O. The molecule has 1 N–H and O–H groups in total. The summed E-state index contributed by atoms with van der Waals surface area (Å²) in [4.78, 5) is 10.9. The molecule has 94 valence electrons. The van der Waals surface area contributed by atoms with E-state index in [-0.39, 0.29) is 11.3 Å². The van der Waals surface area contributed by atoms with E-state index in [9.17, 15) is 13.2 Å². The van der Waals surface area contributed by atoms with Crippen LogP contribution in [0.1, 0.15) is 15.9 Å². The maximum Gasteiger partial charge on any atom is 0.335 e. The molecule has 0 fully saturated rings. The Morgan fingerprint density at radius 2 is 2.00 bits per heavy atom. The highest BCUT2D eigenvalue weighted by Gasteiger charge is 2.09. The van der Waals surface area contributed by atoms with Crippen molar-refractivity contribution in [2.75, 3.05) is 17.8 Å². The second-order valence-corrected chi connectivity index (χ2v) is 7.01. The first-order chi connectivity index (χ1) is 7.90. The third-order valence-corrected chi connectivity index (χ3v) is 4.32. The number of sulfone groups is 1. The molecule has 0 bridgehead atoms. The van der Waals surface area contributed by atoms with E-state index in [2.05, 4.69) is 0 Å². The summed E-state index contributed by atoms with van der Waals surface area (Å²) < 4.78 is 21.8. The van der Waals surface area contributed by atoms with Crippen molar-refractivity contribution in [3.8, 4) is 0 Å². The lowest BCUT2D eigenvalue weighted by Crippen LogP contribution is -2.06. The van der Waals surface area contributed by atoms with Crippen molar-refractivity contribution in [2.45, 2.75) is 5.75 Å². The molecule has 0 aliphatic heterocycles. The molecule has 17 heavy (non-hydrogen) atoms. The summed E-state index contributed by atoms with van der Waals surface area (Å²) in [6.45, 7) is 0. The Balaban J connectivity index is 2.55. The van der Waals surface area contributed by atoms with Crippen LogP contribution in [0.5, 0.6) is 0 Å².